The first kappa shape index (κ1) is 11.9. The number of nitrogens with one attached hydrogen (secondary N) is 2. The Labute approximate surface area is 101 Å². The molecule has 1 aromatic rings. The number of ether oxygens (including phenoxy) is 1. The van der Waals surface area contributed by atoms with Crippen LogP contribution in [-0.2, 0) is 4.74 Å². The van der Waals surface area contributed by atoms with Crippen molar-refractivity contribution in [1.29, 1.82) is 0 Å². The molecule has 1 heterocycles. The highest BCUT2D eigenvalue weighted by Crippen LogP contribution is 2.24. The maximum absolute atomic E-state index is 11.6. The summed E-state index contributed by atoms with van der Waals surface area (Å²) in [5.74, 6) is -0.167. The average molecular weight is 235 g/mol. The standard InChI is InChI=1S/C12H17N3O2/c1-17-7-6-13-12(16)11-5-4-10(8-14-11)15-9-2-3-9/h4-5,8-9,15H,2-3,6-7H2,1H3,(H,13,16). The molecule has 5 nitrogen and oxygen atoms in total. The van der Waals surface area contributed by atoms with Crippen molar-refractivity contribution in [2.75, 3.05) is 25.6 Å². The van der Waals surface area contributed by atoms with Gasteiger partial charge in [0, 0.05) is 19.7 Å². The van der Waals surface area contributed by atoms with Crippen molar-refractivity contribution in [3.63, 3.8) is 0 Å². The second-order valence-corrected chi connectivity index (χ2v) is 4.10. The second kappa shape index (κ2) is 5.63. The first-order valence-corrected chi connectivity index (χ1v) is 5.79. The number of carbonyl (C=O) groups is 1. The maximum atomic E-state index is 11.6. The number of pyridine rings is 1. The van der Waals surface area contributed by atoms with E-state index in [1.807, 2.05) is 6.07 Å². The van der Waals surface area contributed by atoms with Gasteiger partial charge in [-0.05, 0) is 25.0 Å². The minimum absolute atomic E-state index is 0.167. The van der Waals surface area contributed by atoms with Gasteiger partial charge in [-0.2, -0.15) is 0 Å². The summed E-state index contributed by atoms with van der Waals surface area (Å²) in [5, 5.41) is 6.05. The normalized spacial score (nSPS) is 14.4. The van der Waals surface area contributed by atoms with Crippen LogP contribution in [0.4, 0.5) is 5.69 Å². The largest absolute Gasteiger partial charge is 0.383 e. The molecule has 1 aromatic heterocycles. The highest BCUT2D eigenvalue weighted by Gasteiger charge is 2.20. The van der Waals surface area contributed by atoms with Crippen molar-refractivity contribution in [3.05, 3.63) is 24.0 Å². The predicted molar refractivity (Wildman–Crippen MR) is 65.1 cm³/mol. The molecule has 0 radical (unpaired) electrons. The quantitative estimate of drug-likeness (QED) is 0.723. The molecular weight excluding hydrogens is 218 g/mol. The molecule has 5 heteroatoms. The van der Waals surface area contributed by atoms with Gasteiger partial charge in [-0.3, -0.25) is 4.79 Å². The van der Waals surface area contributed by atoms with Crippen molar-refractivity contribution in [3.8, 4) is 0 Å². The van der Waals surface area contributed by atoms with E-state index in [1.54, 1.807) is 19.4 Å². The maximum Gasteiger partial charge on any atom is 0.269 e. The number of carbonyl (C=O) groups excluding carboxylic acids is 1. The first-order valence-electron chi connectivity index (χ1n) is 5.79. The van der Waals surface area contributed by atoms with E-state index in [2.05, 4.69) is 15.6 Å². The summed E-state index contributed by atoms with van der Waals surface area (Å²) in [5.41, 5.74) is 1.41. The highest BCUT2D eigenvalue weighted by atomic mass is 16.5. The van der Waals surface area contributed by atoms with Crippen molar-refractivity contribution >= 4 is 11.6 Å². The third kappa shape index (κ3) is 3.71. The molecule has 1 amide bonds. The number of aromatic nitrogens is 1. The second-order valence-electron chi connectivity index (χ2n) is 4.10. The molecule has 1 aliphatic carbocycles. The average Bonchev–Trinajstić information content (AvgIpc) is 3.14. The van der Waals surface area contributed by atoms with Crippen LogP contribution >= 0.6 is 0 Å². The third-order valence-electron chi connectivity index (χ3n) is 2.54. The predicted octanol–water partition coefficient (Wildman–Crippen LogP) is 1.03. The number of nitrogens with zero attached hydrogens (tertiary/aromatic N) is 1. The van der Waals surface area contributed by atoms with E-state index in [1.165, 1.54) is 12.8 Å². The van der Waals surface area contributed by atoms with Gasteiger partial charge in [0.1, 0.15) is 5.69 Å². The lowest BCUT2D eigenvalue weighted by Gasteiger charge is -2.06. The van der Waals surface area contributed by atoms with Crippen molar-refractivity contribution in [2.45, 2.75) is 18.9 Å². The van der Waals surface area contributed by atoms with Gasteiger partial charge in [0.05, 0.1) is 18.5 Å². The van der Waals surface area contributed by atoms with Crippen LogP contribution < -0.4 is 10.6 Å². The molecule has 1 saturated carbocycles. The minimum Gasteiger partial charge on any atom is -0.383 e. The Balaban J connectivity index is 1.85. The van der Waals surface area contributed by atoms with E-state index in [0.29, 0.717) is 24.9 Å². The molecule has 1 aliphatic rings. The van der Waals surface area contributed by atoms with E-state index in [0.717, 1.165) is 5.69 Å². The fourth-order valence-corrected chi connectivity index (χ4v) is 1.43. The molecule has 0 spiro atoms. The Bertz CT molecular complexity index is 374. The van der Waals surface area contributed by atoms with Crippen LogP contribution in [0.2, 0.25) is 0 Å². The molecule has 0 bridgehead atoms. The van der Waals surface area contributed by atoms with E-state index < -0.39 is 0 Å². The van der Waals surface area contributed by atoms with Crippen LogP contribution in [0.3, 0.4) is 0 Å². The summed E-state index contributed by atoms with van der Waals surface area (Å²) in [4.78, 5) is 15.7. The Morgan fingerprint density at radius 3 is 2.94 bits per heavy atom. The third-order valence-corrected chi connectivity index (χ3v) is 2.54. The summed E-state index contributed by atoms with van der Waals surface area (Å²) >= 11 is 0. The van der Waals surface area contributed by atoms with E-state index in [-0.39, 0.29) is 5.91 Å². The summed E-state index contributed by atoms with van der Waals surface area (Å²) < 4.78 is 4.85. The molecule has 0 saturated heterocycles. The number of anilines is 1. The minimum atomic E-state index is -0.167. The molecule has 0 aromatic carbocycles. The van der Waals surface area contributed by atoms with Gasteiger partial charge in [0.2, 0.25) is 0 Å². The SMILES string of the molecule is COCCNC(=O)c1ccc(NC2CC2)cn1. The molecule has 0 unspecified atom stereocenters. The van der Waals surface area contributed by atoms with Gasteiger partial charge >= 0.3 is 0 Å². The first-order chi connectivity index (χ1) is 8.29. The van der Waals surface area contributed by atoms with Gasteiger partial charge in [0.25, 0.3) is 5.91 Å². The van der Waals surface area contributed by atoms with Gasteiger partial charge < -0.3 is 15.4 Å². The lowest BCUT2D eigenvalue weighted by atomic mass is 10.3. The number of hydrogen-bond donors (Lipinski definition) is 2. The molecule has 92 valence electrons. The smallest absolute Gasteiger partial charge is 0.269 e. The Morgan fingerprint density at radius 1 is 1.53 bits per heavy atom. The van der Waals surface area contributed by atoms with Gasteiger partial charge in [-0.25, -0.2) is 4.98 Å². The fraction of sp³-hybridized carbons (Fsp3) is 0.500. The fourth-order valence-electron chi connectivity index (χ4n) is 1.43. The lowest BCUT2D eigenvalue weighted by Crippen LogP contribution is -2.27. The monoisotopic (exact) mass is 235 g/mol. The molecule has 2 N–H and O–H groups in total. The van der Waals surface area contributed by atoms with Crippen LogP contribution in [0.1, 0.15) is 23.3 Å². The molecule has 0 aliphatic heterocycles. The zero-order chi connectivity index (χ0) is 12.1. The molecule has 2 rings (SSSR count). The van der Waals surface area contributed by atoms with Gasteiger partial charge in [-0.1, -0.05) is 0 Å². The molecular formula is C12H17N3O2. The van der Waals surface area contributed by atoms with Crippen molar-refractivity contribution in [2.24, 2.45) is 0 Å². The Morgan fingerprint density at radius 2 is 2.35 bits per heavy atom. The van der Waals surface area contributed by atoms with Crippen molar-refractivity contribution < 1.29 is 9.53 Å². The Hall–Kier alpha value is -1.62. The lowest BCUT2D eigenvalue weighted by molar-refractivity contribution is 0.0932. The Kier molecular flexibility index (Phi) is 3.93. The number of rotatable bonds is 6. The summed E-state index contributed by atoms with van der Waals surface area (Å²) in [6.45, 7) is 1.01. The van der Waals surface area contributed by atoms with Gasteiger partial charge in [0.15, 0.2) is 0 Å². The molecule has 1 fully saturated rings. The van der Waals surface area contributed by atoms with E-state index in [9.17, 15) is 4.79 Å². The van der Waals surface area contributed by atoms with Crippen LogP contribution in [0, 0.1) is 0 Å². The summed E-state index contributed by atoms with van der Waals surface area (Å²) in [6, 6.07) is 4.21. The number of amides is 1. The summed E-state index contributed by atoms with van der Waals surface area (Å²) in [6.07, 6.45) is 4.14. The van der Waals surface area contributed by atoms with Crippen LogP contribution in [0.15, 0.2) is 18.3 Å². The van der Waals surface area contributed by atoms with Gasteiger partial charge in [-0.15, -0.1) is 0 Å². The van der Waals surface area contributed by atoms with Crippen LogP contribution in [0.25, 0.3) is 0 Å². The zero-order valence-corrected chi connectivity index (χ0v) is 9.90. The van der Waals surface area contributed by atoms with E-state index in [4.69, 9.17) is 4.74 Å². The topological polar surface area (TPSA) is 63.2 Å². The highest BCUT2D eigenvalue weighted by molar-refractivity contribution is 5.92. The van der Waals surface area contributed by atoms with Crippen LogP contribution in [0.5, 0.6) is 0 Å². The molecule has 0 atom stereocenters. The number of hydrogen-bond acceptors (Lipinski definition) is 4. The van der Waals surface area contributed by atoms with Crippen molar-refractivity contribution in [1.82, 2.24) is 10.3 Å². The van der Waals surface area contributed by atoms with E-state index >= 15 is 0 Å². The zero-order valence-electron chi connectivity index (χ0n) is 9.90. The summed E-state index contributed by atoms with van der Waals surface area (Å²) in [7, 11) is 1.60. The van der Waals surface area contributed by atoms with Crippen LogP contribution in [-0.4, -0.2) is 37.2 Å². The molecule has 17 heavy (non-hydrogen) atoms. The number of methoxy groups -OCH3 is 1.